The van der Waals surface area contributed by atoms with Crippen molar-refractivity contribution in [3.63, 3.8) is 0 Å². The number of allylic oxidation sites excluding steroid dienone is 1. The summed E-state index contributed by atoms with van der Waals surface area (Å²) in [6.45, 7) is 7.17. The van der Waals surface area contributed by atoms with Crippen LogP contribution in [-0.2, 0) is 10.4 Å². The van der Waals surface area contributed by atoms with Crippen LogP contribution < -0.4 is 5.32 Å². The average Bonchev–Trinajstić information content (AvgIpc) is 3.16. The predicted octanol–water partition coefficient (Wildman–Crippen LogP) is 3.95. The van der Waals surface area contributed by atoms with Crippen LogP contribution in [0, 0.1) is 5.92 Å². The number of hydrogen-bond donors (Lipinski definition) is 2. The highest BCUT2D eigenvalue weighted by atomic mass is 19.1. The zero-order valence-corrected chi connectivity index (χ0v) is 17.7. The van der Waals surface area contributed by atoms with Gasteiger partial charge in [-0.05, 0) is 57.9 Å². The predicted molar refractivity (Wildman–Crippen MR) is 114 cm³/mol. The normalized spacial score (nSPS) is 25.4. The molecule has 3 atom stereocenters. The molecule has 2 fully saturated rings. The number of alkyl halides is 1. The van der Waals surface area contributed by atoms with E-state index in [0.717, 1.165) is 38.9 Å². The summed E-state index contributed by atoms with van der Waals surface area (Å²) in [5.74, 6) is -0.755. The van der Waals surface area contributed by atoms with E-state index in [2.05, 4.69) is 30.1 Å². The van der Waals surface area contributed by atoms with Crippen LogP contribution in [0.1, 0.15) is 57.9 Å². The van der Waals surface area contributed by atoms with Gasteiger partial charge in [-0.1, -0.05) is 42.0 Å². The molecule has 0 unspecified atom stereocenters. The summed E-state index contributed by atoms with van der Waals surface area (Å²) in [7, 11) is 0. The molecule has 29 heavy (non-hydrogen) atoms. The van der Waals surface area contributed by atoms with E-state index in [0.29, 0.717) is 18.4 Å². The Morgan fingerprint density at radius 3 is 2.48 bits per heavy atom. The zero-order chi connectivity index (χ0) is 20.9. The molecule has 0 bridgehead atoms. The van der Waals surface area contributed by atoms with Crippen molar-refractivity contribution in [2.75, 3.05) is 19.6 Å². The number of piperidine rings is 1. The Balaban J connectivity index is 1.62. The van der Waals surface area contributed by atoms with E-state index in [9.17, 15) is 14.3 Å². The minimum absolute atomic E-state index is 0.0556. The van der Waals surface area contributed by atoms with Gasteiger partial charge in [0, 0.05) is 31.6 Å². The Bertz CT molecular complexity index is 696. The molecule has 1 aliphatic carbocycles. The lowest BCUT2D eigenvalue weighted by molar-refractivity contribution is -0.148. The highest BCUT2D eigenvalue weighted by Gasteiger charge is 2.48. The first-order chi connectivity index (χ1) is 13.9. The minimum Gasteiger partial charge on any atom is -0.375 e. The number of carbonyl (C=O) groups is 1. The molecule has 0 radical (unpaired) electrons. The largest absolute Gasteiger partial charge is 0.375 e. The molecule has 4 nitrogen and oxygen atoms in total. The second kappa shape index (κ2) is 9.86. The van der Waals surface area contributed by atoms with E-state index in [1.807, 2.05) is 18.2 Å². The zero-order valence-electron chi connectivity index (χ0n) is 17.7. The van der Waals surface area contributed by atoms with Crippen molar-refractivity contribution in [2.24, 2.45) is 5.92 Å². The molecule has 2 N–H and O–H groups in total. The fraction of sp³-hybridized carbons (Fsp3) is 0.625. The van der Waals surface area contributed by atoms with Gasteiger partial charge in [0.25, 0.3) is 5.91 Å². The number of nitrogens with one attached hydrogen (secondary N) is 1. The molecule has 3 rings (SSSR count). The van der Waals surface area contributed by atoms with Gasteiger partial charge in [-0.15, -0.1) is 0 Å². The van der Waals surface area contributed by atoms with Crippen LogP contribution in [0.15, 0.2) is 42.0 Å². The number of halogens is 1. The van der Waals surface area contributed by atoms with Crippen molar-refractivity contribution < 1.29 is 14.3 Å². The van der Waals surface area contributed by atoms with Gasteiger partial charge >= 0.3 is 0 Å². The number of amides is 1. The minimum atomic E-state index is -1.66. The van der Waals surface area contributed by atoms with Crippen molar-refractivity contribution in [1.29, 1.82) is 0 Å². The topological polar surface area (TPSA) is 52.6 Å². The molecule has 5 heteroatoms. The van der Waals surface area contributed by atoms with Crippen LogP contribution >= 0.6 is 0 Å². The van der Waals surface area contributed by atoms with Gasteiger partial charge in [-0.25, -0.2) is 4.39 Å². The molecular formula is C24H35FN2O2. The molecule has 160 valence electrons. The Morgan fingerprint density at radius 2 is 1.90 bits per heavy atom. The van der Waals surface area contributed by atoms with Gasteiger partial charge in [0.15, 0.2) is 5.60 Å². The molecule has 2 aliphatic rings. The van der Waals surface area contributed by atoms with Gasteiger partial charge in [-0.3, -0.25) is 4.79 Å². The van der Waals surface area contributed by atoms with Crippen LogP contribution in [0.5, 0.6) is 0 Å². The van der Waals surface area contributed by atoms with Gasteiger partial charge in [-0.2, -0.15) is 0 Å². The summed E-state index contributed by atoms with van der Waals surface area (Å²) in [5, 5.41) is 14.6. The molecule has 1 amide bonds. The summed E-state index contributed by atoms with van der Waals surface area (Å²) in [4.78, 5) is 15.7. The van der Waals surface area contributed by atoms with Crippen molar-refractivity contribution >= 4 is 5.91 Å². The summed E-state index contributed by atoms with van der Waals surface area (Å²) < 4.78 is 13.9. The van der Waals surface area contributed by atoms with E-state index in [1.165, 1.54) is 5.57 Å². The number of carbonyl (C=O) groups excluding carboxylic acids is 1. The third kappa shape index (κ3) is 5.46. The highest BCUT2D eigenvalue weighted by Crippen LogP contribution is 2.42. The average molecular weight is 403 g/mol. The Morgan fingerprint density at radius 1 is 1.21 bits per heavy atom. The lowest BCUT2D eigenvalue weighted by Crippen LogP contribution is -2.54. The fourth-order valence-corrected chi connectivity index (χ4v) is 4.68. The van der Waals surface area contributed by atoms with Crippen LogP contribution in [0.3, 0.4) is 0 Å². The molecule has 1 aromatic rings. The second-order valence-corrected chi connectivity index (χ2v) is 8.90. The molecule has 1 aliphatic heterocycles. The molecule has 0 spiro atoms. The summed E-state index contributed by atoms with van der Waals surface area (Å²) in [5.41, 5.74) is 0.244. The van der Waals surface area contributed by atoms with Crippen LogP contribution in [0.2, 0.25) is 0 Å². The lowest BCUT2D eigenvalue weighted by Gasteiger charge is -2.37. The number of hydrogen-bond acceptors (Lipinski definition) is 3. The highest BCUT2D eigenvalue weighted by molar-refractivity contribution is 5.87. The number of rotatable bonds is 7. The van der Waals surface area contributed by atoms with E-state index in [-0.39, 0.29) is 24.3 Å². The van der Waals surface area contributed by atoms with Gasteiger partial charge in [0.2, 0.25) is 0 Å². The third-order valence-electron chi connectivity index (χ3n) is 6.44. The molecule has 1 saturated heterocycles. The third-order valence-corrected chi connectivity index (χ3v) is 6.44. The van der Waals surface area contributed by atoms with Crippen molar-refractivity contribution in [3.05, 3.63) is 47.5 Å². The first kappa shape index (κ1) is 22.0. The quantitative estimate of drug-likeness (QED) is 0.679. The fourth-order valence-electron chi connectivity index (χ4n) is 4.68. The van der Waals surface area contributed by atoms with Crippen LogP contribution in [-0.4, -0.2) is 47.8 Å². The van der Waals surface area contributed by atoms with Crippen molar-refractivity contribution in [3.8, 4) is 0 Å². The Hall–Kier alpha value is -1.72. The molecule has 1 saturated carbocycles. The summed E-state index contributed by atoms with van der Waals surface area (Å²) in [6.07, 6.45) is 5.31. The first-order valence-corrected chi connectivity index (χ1v) is 11.0. The SMILES string of the molecule is CC(C)=CCCN1CCC(NC(=O)[C@](O)(c2ccccc2)[C@@H]2CC[C@@H](F)C2)CC1. The van der Waals surface area contributed by atoms with Gasteiger partial charge in [0.05, 0.1) is 0 Å². The van der Waals surface area contributed by atoms with E-state index in [1.54, 1.807) is 12.1 Å². The number of likely N-dealkylation sites (tertiary alicyclic amines) is 1. The van der Waals surface area contributed by atoms with Crippen LogP contribution in [0.25, 0.3) is 0 Å². The standard InChI is InChI=1S/C24H35FN2O2/c1-18(2)7-6-14-27-15-12-22(13-16-27)26-23(28)24(29,19-8-4-3-5-9-19)20-10-11-21(25)17-20/h3-5,7-9,20-22,29H,6,10-17H2,1-2H3,(H,26,28)/t20-,21-,24+/m1/s1. The molecule has 1 heterocycles. The van der Waals surface area contributed by atoms with Gasteiger partial charge in [0.1, 0.15) is 6.17 Å². The smallest absolute Gasteiger partial charge is 0.257 e. The number of aliphatic hydroxyl groups is 1. The molecule has 1 aromatic carbocycles. The van der Waals surface area contributed by atoms with Gasteiger partial charge < -0.3 is 15.3 Å². The maximum absolute atomic E-state index is 13.9. The Kier molecular flexibility index (Phi) is 7.47. The second-order valence-electron chi connectivity index (χ2n) is 8.90. The first-order valence-electron chi connectivity index (χ1n) is 11.0. The lowest BCUT2D eigenvalue weighted by atomic mass is 9.79. The van der Waals surface area contributed by atoms with E-state index >= 15 is 0 Å². The number of nitrogens with zero attached hydrogens (tertiary/aromatic N) is 1. The summed E-state index contributed by atoms with van der Waals surface area (Å²) >= 11 is 0. The molecule has 0 aromatic heterocycles. The summed E-state index contributed by atoms with van der Waals surface area (Å²) in [6, 6.07) is 9.11. The van der Waals surface area contributed by atoms with E-state index in [4.69, 9.17) is 0 Å². The van der Waals surface area contributed by atoms with E-state index < -0.39 is 11.8 Å². The van der Waals surface area contributed by atoms with Crippen molar-refractivity contribution in [1.82, 2.24) is 10.2 Å². The maximum Gasteiger partial charge on any atom is 0.257 e. The van der Waals surface area contributed by atoms with Crippen molar-refractivity contribution in [2.45, 2.75) is 70.2 Å². The van der Waals surface area contributed by atoms with Crippen LogP contribution in [0.4, 0.5) is 4.39 Å². The molecular weight excluding hydrogens is 367 g/mol. The monoisotopic (exact) mass is 402 g/mol. The number of benzene rings is 1. The Labute approximate surface area is 174 Å². The maximum atomic E-state index is 13.9.